The maximum atomic E-state index is 12.5. The van der Waals surface area contributed by atoms with Crippen molar-refractivity contribution in [2.75, 3.05) is 26.7 Å². The SMILES string of the molecule is Cc1cc(C)n(CCN(C)C(=O)c2cn(C[C@@H]3CCCNC3)nn2)n1. The van der Waals surface area contributed by atoms with Crippen LogP contribution < -0.4 is 5.32 Å². The average molecular weight is 345 g/mol. The zero-order valence-electron chi connectivity index (χ0n) is 15.3. The van der Waals surface area contributed by atoms with Crippen molar-refractivity contribution >= 4 is 5.91 Å². The van der Waals surface area contributed by atoms with Crippen molar-refractivity contribution in [1.29, 1.82) is 0 Å². The fourth-order valence-corrected chi connectivity index (χ4v) is 3.27. The molecular weight excluding hydrogens is 318 g/mol. The van der Waals surface area contributed by atoms with Crippen LogP contribution in [0.25, 0.3) is 0 Å². The van der Waals surface area contributed by atoms with Crippen LogP contribution >= 0.6 is 0 Å². The van der Waals surface area contributed by atoms with Crippen LogP contribution in [0.15, 0.2) is 12.3 Å². The molecule has 1 amide bonds. The van der Waals surface area contributed by atoms with E-state index in [2.05, 4.69) is 20.7 Å². The highest BCUT2D eigenvalue weighted by molar-refractivity contribution is 5.91. The molecule has 1 atom stereocenters. The fourth-order valence-electron chi connectivity index (χ4n) is 3.27. The first-order valence-electron chi connectivity index (χ1n) is 8.90. The molecule has 1 aliphatic rings. The topological polar surface area (TPSA) is 80.9 Å². The highest BCUT2D eigenvalue weighted by Crippen LogP contribution is 2.12. The Morgan fingerprint density at radius 3 is 2.96 bits per heavy atom. The van der Waals surface area contributed by atoms with E-state index in [1.165, 1.54) is 12.8 Å². The molecule has 1 N–H and O–H groups in total. The molecule has 0 radical (unpaired) electrons. The molecule has 136 valence electrons. The number of piperidine rings is 1. The number of rotatable bonds is 6. The first-order valence-corrected chi connectivity index (χ1v) is 8.90. The molecule has 1 saturated heterocycles. The molecule has 0 saturated carbocycles. The van der Waals surface area contributed by atoms with E-state index in [4.69, 9.17) is 0 Å². The molecule has 8 nitrogen and oxygen atoms in total. The Morgan fingerprint density at radius 1 is 1.44 bits per heavy atom. The minimum absolute atomic E-state index is 0.102. The summed E-state index contributed by atoms with van der Waals surface area (Å²) in [6.45, 7) is 8.15. The highest BCUT2D eigenvalue weighted by atomic mass is 16.2. The first-order chi connectivity index (χ1) is 12.0. The summed E-state index contributed by atoms with van der Waals surface area (Å²) < 4.78 is 3.71. The number of carbonyl (C=O) groups is 1. The fraction of sp³-hybridized carbons (Fsp3) is 0.647. The van der Waals surface area contributed by atoms with Gasteiger partial charge in [-0.3, -0.25) is 14.2 Å². The van der Waals surface area contributed by atoms with E-state index in [1.807, 2.05) is 24.6 Å². The summed E-state index contributed by atoms with van der Waals surface area (Å²) in [5.41, 5.74) is 2.50. The van der Waals surface area contributed by atoms with Crippen LogP contribution in [0.3, 0.4) is 0 Å². The van der Waals surface area contributed by atoms with Crippen LogP contribution in [0.5, 0.6) is 0 Å². The van der Waals surface area contributed by atoms with Gasteiger partial charge >= 0.3 is 0 Å². The van der Waals surface area contributed by atoms with Gasteiger partial charge in [0.2, 0.25) is 0 Å². The van der Waals surface area contributed by atoms with Crippen molar-refractivity contribution in [3.05, 3.63) is 29.3 Å². The monoisotopic (exact) mass is 345 g/mol. The van der Waals surface area contributed by atoms with Gasteiger partial charge in [-0.2, -0.15) is 5.10 Å². The number of carbonyl (C=O) groups excluding carboxylic acids is 1. The van der Waals surface area contributed by atoms with Crippen LogP contribution in [0.1, 0.15) is 34.7 Å². The van der Waals surface area contributed by atoms with Gasteiger partial charge in [0.25, 0.3) is 5.91 Å². The number of aromatic nitrogens is 5. The summed E-state index contributed by atoms with van der Waals surface area (Å²) >= 11 is 0. The van der Waals surface area contributed by atoms with E-state index < -0.39 is 0 Å². The van der Waals surface area contributed by atoms with Crippen LogP contribution in [-0.2, 0) is 13.1 Å². The van der Waals surface area contributed by atoms with Gasteiger partial charge in [0, 0.05) is 25.8 Å². The average Bonchev–Trinajstić information content (AvgIpc) is 3.19. The van der Waals surface area contributed by atoms with Gasteiger partial charge < -0.3 is 10.2 Å². The molecule has 2 aromatic heterocycles. The zero-order chi connectivity index (χ0) is 17.8. The second-order valence-corrected chi connectivity index (χ2v) is 6.92. The van der Waals surface area contributed by atoms with Crippen LogP contribution in [-0.4, -0.2) is 62.3 Å². The number of hydrogen-bond donors (Lipinski definition) is 1. The summed E-state index contributed by atoms with van der Waals surface area (Å²) in [6.07, 6.45) is 4.15. The Bertz CT molecular complexity index is 714. The van der Waals surface area contributed by atoms with Gasteiger partial charge in [0.05, 0.1) is 18.4 Å². The lowest BCUT2D eigenvalue weighted by Crippen LogP contribution is -2.32. The van der Waals surface area contributed by atoms with E-state index in [0.29, 0.717) is 24.7 Å². The maximum Gasteiger partial charge on any atom is 0.275 e. The van der Waals surface area contributed by atoms with Crippen molar-refractivity contribution in [2.24, 2.45) is 5.92 Å². The minimum atomic E-state index is -0.102. The lowest BCUT2D eigenvalue weighted by molar-refractivity contribution is 0.0783. The van der Waals surface area contributed by atoms with Crippen molar-refractivity contribution in [2.45, 2.75) is 39.8 Å². The normalized spacial score (nSPS) is 17.6. The van der Waals surface area contributed by atoms with E-state index in [9.17, 15) is 4.79 Å². The molecule has 0 aromatic carbocycles. The van der Waals surface area contributed by atoms with Gasteiger partial charge in [0.15, 0.2) is 5.69 Å². The summed E-state index contributed by atoms with van der Waals surface area (Å²) in [7, 11) is 1.79. The maximum absolute atomic E-state index is 12.5. The number of nitrogens with one attached hydrogen (secondary N) is 1. The zero-order valence-corrected chi connectivity index (χ0v) is 15.3. The largest absolute Gasteiger partial charge is 0.338 e. The summed E-state index contributed by atoms with van der Waals surface area (Å²) in [5, 5.41) is 16.0. The van der Waals surface area contributed by atoms with Crippen molar-refractivity contribution in [3.8, 4) is 0 Å². The Labute approximate surface area is 148 Å². The summed E-state index contributed by atoms with van der Waals surface area (Å²) in [6, 6.07) is 2.04. The number of hydrogen-bond acceptors (Lipinski definition) is 5. The number of nitrogens with zero attached hydrogens (tertiary/aromatic N) is 6. The highest BCUT2D eigenvalue weighted by Gasteiger charge is 2.18. The van der Waals surface area contributed by atoms with Gasteiger partial charge in [0.1, 0.15) is 0 Å². The standard InChI is InChI=1S/C17H27N7O/c1-13-9-14(2)24(20-13)8-7-22(3)17(25)16-12-23(21-19-16)11-15-5-4-6-18-10-15/h9,12,15,18H,4-8,10-11H2,1-3H3/t15-/m1/s1. The molecule has 1 fully saturated rings. The lowest BCUT2D eigenvalue weighted by atomic mass is 10.00. The smallest absolute Gasteiger partial charge is 0.275 e. The molecule has 3 rings (SSSR count). The predicted molar refractivity (Wildman–Crippen MR) is 94.3 cm³/mol. The predicted octanol–water partition coefficient (Wildman–Crippen LogP) is 0.863. The molecule has 0 unspecified atom stereocenters. The van der Waals surface area contributed by atoms with Crippen molar-refractivity contribution < 1.29 is 4.79 Å². The third-order valence-electron chi connectivity index (χ3n) is 4.70. The third kappa shape index (κ3) is 4.45. The lowest BCUT2D eigenvalue weighted by Gasteiger charge is -2.22. The van der Waals surface area contributed by atoms with Crippen molar-refractivity contribution in [3.63, 3.8) is 0 Å². The molecule has 2 aromatic rings. The molecule has 0 bridgehead atoms. The van der Waals surface area contributed by atoms with Crippen LogP contribution in [0.4, 0.5) is 0 Å². The number of aryl methyl sites for hydroxylation is 2. The molecule has 0 spiro atoms. The van der Waals surface area contributed by atoms with Gasteiger partial charge in [-0.05, 0) is 51.8 Å². The Morgan fingerprint density at radius 2 is 2.28 bits per heavy atom. The van der Waals surface area contributed by atoms with Crippen LogP contribution in [0.2, 0.25) is 0 Å². The van der Waals surface area contributed by atoms with E-state index in [0.717, 1.165) is 31.0 Å². The number of likely N-dealkylation sites (N-methyl/N-ethyl adjacent to an activating group) is 1. The first kappa shape index (κ1) is 17.6. The Hall–Kier alpha value is -2.22. The molecule has 1 aliphatic heterocycles. The molecular formula is C17H27N7O. The summed E-state index contributed by atoms with van der Waals surface area (Å²) in [4.78, 5) is 14.2. The van der Waals surface area contributed by atoms with E-state index >= 15 is 0 Å². The molecule has 8 heteroatoms. The second-order valence-electron chi connectivity index (χ2n) is 6.92. The second kappa shape index (κ2) is 7.77. The quantitative estimate of drug-likeness (QED) is 0.840. The van der Waals surface area contributed by atoms with Gasteiger partial charge in [-0.15, -0.1) is 5.10 Å². The van der Waals surface area contributed by atoms with Gasteiger partial charge in [-0.1, -0.05) is 5.21 Å². The minimum Gasteiger partial charge on any atom is -0.338 e. The molecule has 25 heavy (non-hydrogen) atoms. The summed E-state index contributed by atoms with van der Waals surface area (Å²) in [5.74, 6) is 0.455. The van der Waals surface area contributed by atoms with E-state index in [-0.39, 0.29) is 5.91 Å². The molecule has 0 aliphatic carbocycles. The molecule has 3 heterocycles. The van der Waals surface area contributed by atoms with E-state index in [1.54, 1.807) is 22.8 Å². The number of amides is 1. The third-order valence-corrected chi connectivity index (χ3v) is 4.70. The van der Waals surface area contributed by atoms with Crippen molar-refractivity contribution in [1.82, 2.24) is 35.0 Å². The Kier molecular flexibility index (Phi) is 5.47. The van der Waals surface area contributed by atoms with Crippen LogP contribution in [0, 0.1) is 19.8 Å². The Balaban J connectivity index is 1.54. The van der Waals surface area contributed by atoms with Gasteiger partial charge in [-0.25, -0.2) is 0 Å².